The van der Waals surface area contributed by atoms with Crippen molar-refractivity contribution in [3.63, 3.8) is 0 Å². The zero-order chi connectivity index (χ0) is 8.72. The largest absolute Gasteiger partial charge is 0.271 e. The van der Waals surface area contributed by atoms with Gasteiger partial charge in [-0.05, 0) is 31.9 Å². The standard InChI is InChI=1S/C6H2Br2FN3/c7-3-2-12-4(9)1-10-6(12)5(8)11-3/h1-2H. The van der Waals surface area contributed by atoms with E-state index in [9.17, 15) is 4.39 Å². The van der Waals surface area contributed by atoms with Crippen LogP contribution in [0.1, 0.15) is 0 Å². The van der Waals surface area contributed by atoms with Gasteiger partial charge in [0.25, 0.3) is 0 Å². The van der Waals surface area contributed by atoms with E-state index in [0.717, 1.165) is 6.20 Å². The maximum absolute atomic E-state index is 12.9. The van der Waals surface area contributed by atoms with E-state index in [2.05, 4.69) is 41.8 Å². The van der Waals surface area contributed by atoms with Crippen LogP contribution in [0, 0.1) is 5.95 Å². The molecular formula is C6H2Br2FN3. The molecule has 2 aromatic heterocycles. The van der Waals surface area contributed by atoms with Crippen LogP contribution in [0.4, 0.5) is 4.39 Å². The van der Waals surface area contributed by atoms with Crippen LogP contribution in [-0.4, -0.2) is 14.4 Å². The lowest BCUT2D eigenvalue weighted by Gasteiger charge is -1.96. The highest BCUT2D eigenvalue weighted by Crippen LogP contribution is 2.18. The first-order chi connectivity index (χ1) is 5.68. The van der Waals surface area contributed by atoms with Gasteiger partial charge < -0.3 is 0 Å². The summed E-state index contributed by atoms with van der Waals surface area (Å²) in [6.45, 7) is 0. The Balaban J connectivity index is 2.92. The maximum Gasteiger partial charge on any atom is 0.218 e. The number of rotatable bonds is 0. The normalized spacial score (nSPS) is 10.9. The number of hydrogen-bond acceptors (Lipinski definition) is 2. The van der Waals surface area contributed by atoms with Crippen LogP contribution >= 0.6 is 31.9 Å². The summed E-state index contributed by atoms with van der Waals surface area (Å²) in [6, 6.07) is 0. The Labute approximate surface area is 83.9 Å². The molecule has 0 aliphatic carbocycles. The van der Waals surface area contributed by atoms with Gasteiger partial charge in [0.1, 0.15) is 4.60 Å². The van der Waals surface area contributed by atoms with Crippen LogP contribution in [0.25, 0.3) is 5.65 Å². The molecule has 0 aliphatic heterocycles. The molecule has 0 fully saturated rings. The predicted octanol–water partition coefficient (Wildman–Crippen LogP) is 2.39. The molecule has 6 heteroatoms. The van der Waals surface area contributed by atoms with Gasteiger partial charge >= 0.3 is 0 Å². The van der Waals surface area contributed by atoms with Gasteiger partial charge in [-0.25, -0.2) is 9.97 Å². The Morgan fingerprint density at radius 2 is 2.17 bits per heavy atom. The summed E-state index contributed by atoms with van der Waals surface area (Å²) >= 11 is 6.32. The van der Waals surface area contributed by atoms with E-state index < -0.39 is 5.95 Å². The van der Waals surface area contributed by atoms with Crippen molar-refractivity contribution in [2.75, 3.05) is 0 Å². The lowest BCUT2D eigenvalue weighted by Crippen LogP contribution is -1.91. The molecule has 0 unspecified atom stereocenters. The van der Waals surface area contributed by atoms with Crippen LogP contribution < -0.4 is 0 Å². The monoisotopic (exact) mass is 293 g/mol. The van der Waals surface area contributed by atoms with E-state index in [1.54, 1.807) is 0 Å². The first kappa shape index (κ1) is 8.12. The Kier molecular flexibility index (Phi) is 1.88. The van der Waals surface area contributed by atoms with E-state index >= 15 is 0 Å². The van der Waals surface area contributed by atoms with Crippen molar-refractivity contribution < 1.29 is 4.39 Å². The summed E-state index contributed by atoms with van der Waals surface area (Å²) in [5.41, 5.74) is 0.468. The van der Waals surface area contributed by atoms with Crippen LogP contribution in [0.2, 0.25) is 0 Å². The average Bonchev–Trinajstić information content (AvgIpc) is 2.33. The quantitative estimate of drug-likeness (QED) is 0.747. The molecule has 0 saturated carbocycles. The molecule has 2 rings (SSSR count). The molecule has 3 nitrogen and oxygen atoms in total. The SMILES string of the molecule is Fc1cnc2c(Br)nc(Br)cn12. The third-order valence-electron chi connectivity index (χ3n) is 1.38. The number of imidazole rings is 1. The second kappa shape index (κ2) is 2.77. The molecule has 0 aliphatic rings. The average molecular weight is 295 g/mol. The van der Waals surface area contributed by atoms with Gasteiger partial charge in [-0.2, -0.15) is 4.39 Å². The molecule has 0 spiro atoms. The highest BCUT2D eigenvalue weighted by molar-refractivity contribution is 9.11. The smallest absolute Gasteiger partial charge is 0.218 e. The van der Waals surface area contributed by atoms with E-state index in [1.807, 2.05) is 0 Å². The molecule has 0 N–H and O–H groups in total. The summed E-state index contributed by atoms with van der Waals surface area (Å²) in [5, 5.41) is 0. The van der Waals surface area contributed by atoms with E-state index in [1.165, 1.54) is 10.6 Å². The van der Waals surface area contributed by atoms with Crippen molar-refractivity contribution >= 4 is 37.5 Å². The van der Waals surface area contributed by atoms with Gasteiger partial charge in [-0.3, -0.25) is 4.40 Å². The second-order valence-electron chi connectivity index (χ2n) is 2.13. The number of halogens is 3. The molecular weight excluding hydrogens is 293 g/mol. The molecule has 62 valence electrons. The van der Waals surface area contributed by atoms with Crippen LogP contribution in [-0.2, 0) is 0 Å². The molecule has 0 radical (unpaired) electrons. The first-order valence-electron chi connectivity index (χ1n) is 3.03. The van der Waals surface area contributed by atoms with Gasteiger partial charge in [0.15, 0.2) is 10.3 Å². The molecule has 2 heterocycles. The van der Waals surface area contributed by atoms with Crippen LogP contribution in [0.3, 0.4) is 0 Å². The van der Waals surface area contributed by atoms with Gasteiger partial charge in [0.05, 0.1) is 6.20 Å². The topological polar surface area (TPSA) is 30.2 Å². The zero-order valence-corrected chi connectivity index (χ0v) is 8.80. The van der Waals surface area contributed by atoms with E-state index in [4.69, 9.17) is 0 Å². The highest BCUT2D eigenvalue weighted by atomic mass is 79.9. The zero-order valence-electron chi connectivity index (χ0n) is 5.63. The molecule has 0 aromatic carbocycles. The van der Waals surface area contributed by atoms with Gasteiger partial charge in [0, 0.05) is 6.20 Å². The van der Waals surface area contributed by atoms with Crippen molar-refractivity contribution in [3.8, 4) is 0 Å². The minimum atomic E-state index is -0.409. The molecule has 12 heavy (non-hydrogen) atoms. The number of hydrogen-bond donors (Lipinski definition) is 0. The number of aromatic nitrogens is 3. The first-order valence-corrected chi connectivity index (χ1v) is 4.61. The fraction of sp³-hybridized carbons (Fsp3) is 0. The highest BCUT2D eigenvalue weighted by Gasteiger charge is 2.07. The third kappa shape index (κ3) is 1.15. The predicted molar refractivity (Wildman–Crippen MR) is 48.3 cm³/mol. The van der Waals surface area contributed by atoms with Crippen molar-refractivity contribution in [3.05, 3.63) is 27.5 Å². The van der Waals surface area contributed by atoms with Crippen molar-refractivity contribution in [1.82, 2.24) is 14.4 Å². The molecule has 0 saturated heterocycles. The summed E-state index contributed by atoms with van der Waals surface area (Å²) in [4.78, 5) is 7.82. The fourth-order valence-corrected chi connectivity index (χ4v) is 2.00. The van der Waals surface area contributed by atoms with Gasteiger partial charge in [-0.1, -0.05) is 0 Å². The Bertz CT molecular complexity index is 440. The van der Waals surface area contributed by atoms with Crippen molar-refractivity contribution in [2.45, 2.75) is 0 Å². The third-order valence-corrected chi connectivity index (χ3v) is 2.29. The number of fused-ring (bicyclic) bond motifs is 1. The number of nitrogens with zero attached hydrogens (tertiary/aromatic N) is 3. The summed E-state index contributed by atoms with van der Waals surface area (Å²) in [5.74, 6) is -0.409. The van der Waals surface area contributed by atoms with Gasteiger partial charge in [0.2, 0.25) is 5.95 Å². The van der Waals surface area contributed by atoms with Crippen LogP contribution in [0.15, 0.2) is 21.6 Å². The Hall–Kier alpha value is -0.490. The van der Waals surface area contributed by atoms with Crippen molar-refractivity contribution in [2.24, 2.45) is 0 Å². The molecule has 0 atom stereocenters. The molecule has 2 aromatic rings. The summed E-state index contributed by atoms with van der Waals surface area (Å²) in [7, 11) is 0. The second-order valence-corrected chi connectivity index (χ2v) is 3.69. The van der Waals surface area contributed by atoms with Gasteiger partial charge in [-0.15, -0.1) is 0 Å². The lowest BCUT2D eigenvalue weighted by molar-refractivity contribution is 0.571. The minimum Gasteiger partial charge on any atom is -0.271 e. The van der Waals surface area contributed by atoms with Crippen LogP contribution in [0.5, 0.6) is 0 Å². The van der Waals surface area contributed by atoms with E-state index in [0.29, 0.717) is 14.9 Å². The minimum absolute atomic E-state index is 0.409. The fourth-order valence-electron chi connectivity index (χ4n) is 0.895. The summed E-state index contributed by atoms with van der Waals surface area (Å²) < 4.78 is 15.3. The van der Waals surface area contributed by atoms with Crippen molar-refractivity contribution in [1.29, 1.82) is 0 Å². The van der Waals surface area contributed by atoms with E-state index in [-0.39, 0.29) is 0 Å². The summed E-state index contributed by atoms with van der Waals surface area (Å²) in [6.07, 6.45) is 2.66. The molecule has 0 amide bonds. The molecule has 0 bridgehead atoms. The Morgan fingerprint density at radius 3 is 2.92 bits per heavy atom. The lowest BCUT2D eigenvalue weighted by atomic mass is 10.7. The Morgan fingerprint density at radius 1 is 1.42 bits per heavy atom. The maximum atomic E-state index is 12.9.